The minimum atomic E-state index is -4.49. The second kappa shape index (κ2) is 9.72. The van der Waals surface area contributed by atoms with Gasteiger partial charge in [-0.1, -0.05) is 0 Å². The highest BCUT2D eigenvalue weighted by Crippen LogP contribution is 2.43. The van der Waals surface area contributed by atoms with Gasteiger partial charge in [0.2, 0.25) is 0 Å². The van der Waals surface area contributed by atoms with Crippen molar-refractivity contribution in [2.75, 3.05) is 4.90 Å². The number of nitrogens with zero attached hydrogens (tertiary/aromatic N) is 5. The van der Waals surface area contributed by atoms with Crippen molar-refractivity contribution in [1.82, 2.24) is 19.7 Å². The molecule has 0 unspecified atom stereocenters. The van der Waals surface area contributed by atoms with Crippen LogP contribution in [0.15, 0.2) is 60.0 Å². The number of benzene rings is 1. The summed E-state index contributed by atoms with van der Waals surface area (Å²) in [5, 5.41) is 3.75. The van der Waals surface area contributed by atoms with Gasteiger partial charge < -0.3 is 0 Å². The van der Waals surface area contributed by atoms with Crippen LogP contribution in [0.2, 0.25) is 0 Å². The fourth-order valence-electron chi connectivity index (χ4n) is 4.91. The smallest absolute Gasteiger partial charge is 0.294 e. The van der Waals surface area contributed by atoms with Crippen LogP contribution in [0.25, 0.3) is 11.3 Å². The van der Waals surface area contributed by atoms with Crippen LogP contribution in [-0.4, -0.2) is 40.2 Å². The number of hydrogen-bond donors (Lipinski definition) is 0. The summed E-state index contributed by atoms with van der Waals surface area (Å²) in [6.45, 7) is 3.78. The summed E-state index contributed by atoms with van der Waals surface area (Å²) in [4.78, 5) is 22.9. The molecule has 0 fully saturated rings. The molecular weight excluding hydrogens is 569 g/mol. The molecule has 0 atom stereocenters. The third-order valence-electron chi connectivity index (χ3n) is 6.67. The Balaban J connectivity index is 1.48. The van der Waals surface area contributed by atoms with Gasteiger partial charge in [0.1, 0.15) is 23.1 Å². The summed E-state index contributed by atoms with van der Waals surface area (Å²) < 4.78 is 92.4. The highest BCUT2D eigenvalue weighted by Gasteiger charge is 2.47. The second-order valence-electron chi connectivity index (χ2n) is 10.2. The van der Waals surface area contributed by atoms with E-state index in [2.05, 4.69) is 15.1 Å². The van der Waals surface area contributed by atoms with Gasteiger partial charge in [-0.15, -0.1) is 0 Å². The average molecular weight is 592 g/mol. The predicted molar refractivity (Wildman–Crippen MR) is 138 cm³/mol. The lowest BCUT2D eigenvalue weighted by molar-refractivity contribution is -0.142. The minimum absolute atomic E-state index is 0.171. The Kier molecular flexibility index (Phi) is 6.71. The van der Waals surface area contributed by atoms with E-state index in [4.69, 9.17) is 0 Å². The summed E-state index contributed by atoms with van der Waals surface area (Å²) in [7, 11) is -4.18. The van der Waals surface area contributed by atoms with E-state index in [1.807, 2.05) is 0 Å². The first-order valence-corrected chi connectivity index (χ1v) is 13.8. The van der Waals surface area contributed by atoms with Gasteiger partial charge in [-0.3, -0.25) is 19.4 Å². The maximum absolute atomic E-state index is 14.2. The van der Waals surface area contributed by atoms with Gasteiger partial charge in [-0.05, 0) is 56.2 Å². The Morgan fingerprint density at radius 2 is 1.76 bits per heavy atom. The third kappa shape index (κ3) is 5.31. The molecule has 0 spiro atoms. The number of hydrogen-bond acceptors (Lipinski definition) is 6. The van der Waals surface area contributed by atoms with Gasteiger partial charge in [-0.2, -0.15) is 18.3 Å². The first-order chi connectivity index (χ1) is 19.1. The Labute approximate surface area is 231 Å². The lowest BCUT2D eigenvalue weighted by Crippen LogP contribution is -2.39. The molecule has 3 aromatic heterocycles. The highest BCUT2D eigenvalue weighted by molar-refractivity contribution is 7.90. The van der Waals surface area contributed by atoms with Crippen molar-refractivity contribution in [3.8, 4) is 11.3 Å². The van der Waals surface area contributed by atoms with E-state index in [9.17, 15) is 35.2 Å². The fourth-order valence-corrected chi connectivity index (χ4v) is 6.30. The van der Waals surface area contributed by atoms with E-state index in [1.165, 1.54) is 29.6 Å². The number of carbonyl (C=O) groups excluding carboxylic acids is 1. The van der Waals surface area contributed by atoms with Crippen molar-refractivity contribution in [3.63, 3.8) is 0 Å². The zero-order valence-electron chi connectivity index (χ0n) is 21.9. The molecule has 0 radical (unpaired) electrons. The molecule has 0 saturated carbocycles. The molecule has 0 saturated heterocycles. The van der Waals surface area contributed by atoms with Gasteiger partial charge >= 0.3 is 6.18 Å². The standard InChI is InChI=1S/C27H22F5N5O3S/c1-15-6-21(17-7-16(9-33-10-17)13-41(39,40)22-5-4-18(28)8-20(22)29)35-24-23(15)25(38)37(26(24,2)3)19-11-34-36(12-19)14-27(30,31)32/h4-12H,13-14H2,1-3H3. The van der Waals surface area contributed by atoms with Gasteiger partial charge in [0.15, 0.2) is 9.84 Å². The topological polar surface area (TPSA) is 98.1 Å². The van der Waals surface area contributed by atoms with Gasteiger partial charge in [0, 0.05) is 30.2 Å². The molecule has 8 nitrogen and oxygen atoms in total. The van der Waals surface area contributed by atoms with E-state index in [1.54, 1.807) is 26.8 Å². The predicted octanol–water partition coefficient (Wildman–Crippen LogP) is 5.36. The molecule has 41 heavy (non-hydrogen) atoms. The quantitative estimate of drug-likeness (QED) is 0.221. The maximum atomic E-state index is 14.2. The van der Waals surface area contributed by atoms with Crippen LogP contribution < -0.4 is 4.90 Å². The largest absolute Gasteiger partial charge is 0.408 e. The summed E-state index contributed by atoms with van der Waals surface area (Å²) in [6, 6.07) is 5.35. The van der Waals surface area contributed by atoms with Crippen LogP contribution in [0.3, 0.4) is 0 Å². The van der Waals surface area contributed by atoms with Crippen molar-refractivity contribution >= 4 is 21.4 Å². The molecule has 1 aliphatic heterocycles. The minimum Gasteiger partial charge on any atom is -0.294 e. The zero-order chi connectivity index (χ0) is 29.9. The number of sulfone groups is 1. The fraction of sp³-hybridized carbons (Fsp3) is 0.259. The van der Waals surface area contributed by atoms with Crippen LogP contribution >= 0.6 is 0 Å². The SMILES string of the molecule is Cc1cc(-c2cncc(CS(=O)(=O)c3ccc(F)cc3F)c2)nc2c1C(=O)N(c1cnn(CC(F)(F)F)c1)C2(C)C. The van der Waals surface area contributed by atoms with Crippen LogP contribution in [0.1, 0.15) is 41.0 Å². The molecule has 214 valence electrons. The average Bonchev–Trinajstić information content (AvgIpc) is 3.36. The number of pyridine rings is 2. The molecule has 4 aromatic rings. The molecule has 1 amide bonds. The summed E-state index contributed by atoms with van der Waals surface area (Å²) in [5.74, 6) is -3.17. The van der Waals surface area contributed by atoms with E-state index < -0.39 is 56.3 Å². The summed E-state index contributed by atoms with van der Waals surface area (Å²) in [6.07, 6.45) is 0.596. The van der Waals surface area contributed by atoms with Crippen molar-refractivity contribution in [1.29, 1.82) is 0 Å². The number of anilines is 1. The Morgan fingerprint density at radius 3 is 2.44 bits per heavy atom. The van der Waals surface area contributed by atoms with Crippen molar-refractivity contribution in [2.45, 2.75) is 49.7 Å². The monoisotopic (exact) mass is 591 g/mol. The lowest BCUT2D eigenvalue weighted by atomic mass is 9.96. The van der Waals surface area contributed by atoms with Crippen molar-refractivity contribution in [2.24, 2.45) is 0 Å². The lowest BCUT2D eigenvalue weighted by Gasteiger charge is -2.30. The molecule has 4 heterocycles. The number of aryl methyl sites for hydroxylation is 1. The Morgan fingerprint density at radius 1 is 1.02 bits per heavy atom. The molecule has 0 bridgehead atoms. The van der Waals surface area contributed by atoms with E-state index in [-0.39, 0.29) is 11.3 Å². The third-order valence-corrected chi connectivity index (χ3v) is 8.38. The number of halogens is 5. The van der Waals surface area contributed by atoms with E-state index >= 15 is 0 Å². The molecule has 14 heteroatoms. The molecular formula is C27H22F5N5O3S. The maximum Gasteiger partial charge on any atom is 0.408 e. The van der Waals surface area contributed by atoms with Gasteiger partial charge in [-0.25, -0.2) is 22.2 Å². The summed E-state index contributed by atoms with van der Waals surface area (Å²) in [5.41, 5.74) is 1.31. The first kappa shape index (κ1) is 28.3. The number of aromatic nitrogens is 4. The number of rotatable bonds is 6. The number of carbonyl (C=O) groups is 1. The van der Waals surface area contributed by atoms with Gasteiger partial charge in [0.25, 0.3) is 5.91 Å². The van der Waals surface area contributed by atoms with Gasteiger partial charge in [0.05, 0.1) is 40.1 Å². The van der Waals surface area contributed by atoms with E-state index in [0.717, 1.165) is 18.3 Å². The molecule has 1 aliphatic rings. The molecule has 5 rings (SSSR count). The Bertz CT molecular complexity index is 1800. The molecule has 0 N–H and O–H groups in total. The zero-order valence-corrected chi connectivity index (χ0v) is 22.7. The van der Waals surface area contributed by atoms with Crippen LogP contribution in [0.5, 0.6) is 0 Å². The van der Waals surface area contributed by atoms with E-state index in [0.29, 0.717) is 38.8 Å². The summed E-state index contributed by atoms with van der Waals surface area (Å²) >= 11 is 0. The van der Waals surface area contributed by atoms with Crippen molar-refractivity contribution in [3.05, 3.63) is 89.1 Å². The van der Waals surface area contributed by atoms with Crippen LogP contribution in [0.4, 0.5) is 27.6 Å². The van der Waals surface area contributed by atoms with Crippen LogP contribution in [-0.2, 0) is 27.7 Å². The molecule has 0 aliphatic carbocycles. The first-order valence-electron chi connectivity index (χ1n) is 12.1. The number of alkyl halides is 3. The van der Waals surface area contributed by atoms with Crippen molar-refractivity contribution < 1.29 is 35.2 Å². The highest BCUT2D eigenvalue weighted by atomic mass is 32.2. The number of amides is 1. The van der Waals surface area contributed by atoms with Crippen LogP contribution in [0, 0.1) is 18.6 Å². The Hall–Kier alpha value is -4.20. The normalized spacial score (nSPS) is 14.9. The second-order valence-corrected chi connectivity index (χ2v) is 12.1. The molecule has 1 aromatic carbocycles. The number of fused-ring (bicyclic) bond motifs is 1.